The summed E-state index contributed by atoms with van der Waals surface area (Å²) in [7, 11) is 0. The van der Waals surface area contributed by atoms with Crippen LogP contribution in [-0.4, -0.2) is 22.8 Å². The highest BCUT2D eigenvalue weighted by Crippen LogP contribution is 2.33. The van der Waals surface area contributed by atoms with Gasteiger partial charge in [0.25, 0.3) is 0 Å². The molecule has 1 aromatic heterocycles. The second kappa shape index (κ2) is 5.18. The zero-order chi connectivity index (χ0) is 11.5. The molecule has 0 spiro atoms. The number of ether oxygens (including phenoxy) is 1. The highest BCUT2D eigenvalue weighted by molar-refractivity contribution is 7.05. The van der Waals surface area contributed by atoms with Gasteiger partial charge in [0.2, 0.25) is 0 Å². The van der Waals surface area contributed by atoms with Crippen molar-refractivity contribution in [1.82, 2.24) is 15.0 Å². The normalized spacial score (nSPS) is 22.9. The van der Waals surface area contributed by atoms with Crippen LogP contribution in [0.4, 0.5) is 0 Å². The Morgan fingerprint density at radius 3 is 2.94 bits per heavy atom. The van der Waals surface area contributed by atoms with Crippen LogP contribution in [0.2, 0.25) is 0 Å². The quantitative estimate of drug-likeness (QED) is 0.613. The van der Waals surface area contributed by atoms with Crippen LogP contribution in [-0.2, 0) is 4.74 Å². The van der Waals surface area contributed by atoms with Gasteiger partial charge < -0.3 is 4.74 Å². The summed E-state index contributed by atoms with van der Waals surface area (Å²) in [5, 5.41) is 4.19. The third kappa shape index (κ3) is 2.24. The largest absolute Gasteiger partial charge is 0.381 e. The highest BCUT2D eigenvalue weighted by Gasteiger charge is 2.30. The van der Waals surface area contributed by atoms with Crippen molar-refractivity contribution < 1.29 is 4.74 Å². The minimum Gasteiger partial charge on any atom is -0.381 e. The first-order valence-electron chi connectivity index (χ1n) is 5.60. The molecule has 2 unspecified atom stereocenters. The van der Waals surface area contributed by atoms with E-state index >= 15 is 0 Å². The standard InChI is InChI=1S/C10H18N4OS/c1-6(2)8-10(16-14-13-8)9(12-11)7-3-4-15-5-7/h6-7,9,12H,3-5,11H2,1-2H3. The molecule has 1 aliphatic rings. The first kappa shape index (κ1) is 11.9. The molecule has 0 bridgehead atoms. The summed E-state index contributed by atoms with van der Waals surface area (Å²) in [6, 6.07) is 0.125. The van der Waals surface area contributed by atoms with Crippen LogP contribution < -0.4 is 11.3 Å². The maximum Gasteiger partial charge on any atom is 0.0829 e. The van der Waals surface area contributed by atoms with E-state index in [0.717, 1.165) is 30.2 Å². The van der Waals surface area contributed by atoms with E-state index in [-0.39, 0.29) is 6.04 Å². The van der Waals surface area contributed by atoms with E-state index in [9.17, 15) is 0 Å². The Balaban J connectivity index is 2.21. The Morgan fingerprint density at radius 2 is 2.38 bits per heavy atom. The molecule has 0 saturated carbocycles. The lowest BCUT2D eigenvalue weighted by molar-refractivity contribution is 0.177. The van der Waals surface area contributed by atoms with Gasteiger partial charge in [0.1, 0.15) is 0 Å². The van der Waals surface area contributed by atoms with Gasteiger partial charge in [0, 0.05) is 12.5 Å². The summed E-state index contributed by atoms with van der Waals surface area (Å²) < 4.78 is 9.45. The van der Waals surface area contributed by atoms with Crippen LogP contribution in [0.1, 0.15) is 42.8 Å². The van der Waals surface area contributed by atoms with Gasteiger partial charge in [-0.25, -0.2) is 0 Å². The summed E-state index contributed by atoms with van der Waals surface area (Å²) in [6.07, 6.45) is 1.05. The van der Waals surface area contributed by atoms with Crippen molar-refractivity contribution in [3.63, 3.8) is 0 Å². The number of rotatable bonds is 4. The number of nitrogens with zero attached hydrogens (tertiary/aromatic N) is 2. The number of hydrazine groups is 1. The Morgan fingerprint density at radius 1 is 1.56 bits per heavy atom. The van der Waals surface area contributed by atoms with Crippen LogP contribution >= 0.6 is 11.5 Å². The lowest BCUT2D eigenvalue weighted by Crippen LogP contribution is -2.34. The van der Waals surface area contributed by atoms with Gasteiger partial charge in [-0.2, -0.15) is 0 Å². The van der Waals surface area contributed by atoms with E-state index in [4.69, 9.17) is 10.6 Å². The average Bonchev–Trinajstić information content (AvgIpc) is 2.88. The molecule has 0 amide bonds. The Labute approximate surface area is 99.5 Å². The molecule has 0 radical (unpaired) electrons. The van der Waals surface area contributed by atoms with E-state index in [0.29, 0.717) is 11.8 Å². The number of hydrogen-bond donors (Lipinski definition) is 2. The Hall–Kier alpha value is -0.560. The monoisotopic (exact) mass is 242 g/mol. The van der Waals surface area contributed by atoms with E-state index < -0.39 is 0 Å². The van der Waals surface area contributed by atoms with Crippen molar-refractivity contribution in [3.05, 3.63) is 10.6 Å². The van der Waals surface area contributed by atoms with Crippen LogP contribution in [0, 0.1) is 5.92 Å². The SMILES string of the molecule is CC(C)c1nnsc1C(NN)C1CCOC1. The fourth-order valence-corrected chi connectivity index (χ4v) is 3.02. The predicted octanol–water partition coefficient (Wildman–Crippen LogP) is 1.20. The molecule has 2 rings (SSSR count). The van der Waals surface area contributed by atoms with Crippen molar-refractivity contribution in [3.8, 4) is 0 Å². The fraction of sp³-hybridized carbons (Fsp3) is 0.800. The fourth-order valence-electron chi connectivity index (χ4n) is 2.06. The molecule has 1 saturated heterocycles. The van der Waals surface area contributed by atoms with Crippen molar-refractivity contribution in [2.45, 2.75) is 32.2 Å². The summed E-state index contributed by atoms with van der Waals surface area (Å²) in [5.41, 5.74) is 3.95. The smallest absolute Gasteiger partial charge is 0.0829 e. The van der Waals surface area contributed by atoms with Gasteiger partial charge in [-0.15, -0.1) is 5.10 Å². The first-order chi connectivity index (χ1) is 7.74. The molecular weight excluding hydrogens is 224 g/mol. The summed E-state index contributed by atoms with van der Waals surface area (Å²) >= 11 is 1.44. The van der Waals surface area contributed by atoms with Crippen molar-refractivity contribution in [2.75, 3.05) is 13.2 Å². The minimum absolute atomic E-state index is 0.125. The molecule has 1 aliphatic heterocycles. The summed E-state index contributed by atoms with van der Waals surface area (Å²) in [5.74, 6) is 6.47. The van der Waals surface area contributed by atoms with E-state index in [1.807, 2.05) is 0 Å². The Bertz CT molecular complexity index is 335. The van der Waals surface area contributed by atoms with Gasteiger partial charge in [-0.05, 0) is 23.9 Å². The molecule has 1 fully saturated rings. The van der Waals surface area contributed by atoms with Gasteiger partial charge in [0.05, 0.1) is 23.2 Å². The van der Waals surface area contributed by atoms with Crippen molar-refractivity contribution >= 4 is 11.5 Å². The van der Waals surface area contributed by atoms with Crippen LogP contribution in [0.25, 0.3) is 0 Å². The number of hydrogen-bond acceptors (Lipinski definition) is 6. The van der Waals surface area contributed by atoms with Gasteiger partial charge in [0.15, 0.2) is 0 Å². The molecule has 3 N–H and O–H groups in total. The second-order valence-electron chi connectivity index (χ2n) is 4.45. The molecule has 1 aromatic rings. The maximum atomic E-state index is 5.66. The number of nitrogens with two attached hydrogens (primary N) is 1. The summed E-state index contributed by atoms with van der Waals surface area (Å²) in [4.78, 5) is 1.16. The number of aromatic nitrogens is 2. The molecule has 16 heavy (non-hydrogen) atoms. The molecular formula is C10H18N4OS. The molecule has 6 heteroatoms. The minimum atomic E-state index is 0.125. The summed E-state index contributed by atoms with van der Waals surface area (Å²) in [6.45, 7) is 5.84. The lowest BCUT2D eigenvalue weighted by Gasteiger charge is -2.21. The van der Waals surface area contributed by atoms with Gasteiger partial charge >= 0.3 is 0 Å². The third-order valence-corrected chi connectivity index (χ3v) is 3.81. The van der Waals surface area contributed by atoms with Crippen molar-refractivity contribution in [1.29, 1.82) is 0 Å². The van der Waals surface area contributed by atoms with E-state index in [1.54, 1.807) is 0 Å². The van der Waals surface area contributed by atoms with Gasteiger partial charge in [-0.3, -0.25) is 11.3 Å². The molecule has 0 aliphatic carbocycles. The van der Waals surface area contributed by atoms with E-state index in [2.05, 4.69) is 28.9 Å². The molecule has 5 nitrogen and oxygen atoms in total. The lowest BCUT2D eigenvalue weighted by atomic mass is 9.95. The zero-order valence-electron chi connectivity index (χ0n) is 9.64. The topological polar surface area (TPSA) is 73.1 Å². The first-order valence-corrected chi connectivity index (χ1v) is 6.37. The van der Waals surface area contributed by atoms with E-state index in [1.165, 1.54) is 11.5 Å². The third-order valence-electron chi connectivity index (χ3n) is 2.99. The van der Waals surface area contributed by atoms with Crippen LogP contribution in [0.3, 0.4) is 0 Å². The highest BCUT2D eigenvalue weighted by atomic mass is 32.1. The second-order valence-corrected chi connectivity index (χ2v) is 5.23. The Kier molecular flexibility index (Phi) is 3.86. The maximum absolute atomic E-state index is 5.66. The molecule has 2 atom stereocenters. The van der Waals surface area contributed by atoms with Gasteiger partial charge in [-0.1, -0.05) is 18.3 Å². The molecule has 2 heterocycles. The molecule has 90 valence electrons. The predicted molar refractivity (Wildman–Crippen MR) is 63.0 cm³/mol. The van der Waals surface area contributed by atoms with Crippen LogP contribution in [0.5, 0.6) is 0 Å². The average molecular weight is 242 g/mol. The number of nitrogens with one attached hydrogen (secondary N) is 1. The van der Waals surface area contributed by atoms with Crippen LogP contribution in [0.15, 0.2) is 0 Å². The zero-order valence-corrected chi connectivity index (χ0v) is 10.5. The molecule has 0 aromatic carbocycles. The van der Waals surface area contributed by atoms with Crippen molar-refractivity contribution in [2.24, 2.45) is 11.8 Å².